The van der Waals surface area contributed by atoms with Gasteiger partial charge >= 0.3 is 0 Å². The molecule has 0 radical (unpaired) electrons. The van der Waals surface area contributed by atoms with Crippen LogP contribution in [0.1, 0.15) is 13.3 Å². The third-order valence-electron chi connectivity index (χ3n) is 2.73. The largest absolute Gasteiger partial charge is 0.253 e. The smallest absolute Gasteiger partial charge is 0.0633 e. The van der Waals surface area contributed by atoms with Crippen LogP contribution in [0, 0.1) is 5.92 Å². The van der Waals surface area contributed by atoms with Gasteiger partial charge in [0, 0.05) is 5.45 Å². The molecule has 1 nitrogen and oxygen atoms in total. The van der Waals surface area contributed by atoms with Crippen LogP contribution in [0.2, 0.25) is 0 Å². The molecule has 1 fully saturated rings. The third kappa shape index (κ3) is 2.04. The van der Waals surface area contributed by atoms with Gasteiger partial charge in [-0.05, 0) is 37.3 Å². The molecule has 1 aromatic rings. The Labute approximate surface area is 87.0 Å². The van der Waals surface area contributed by atoms with E-state index in [4.69, 9.17) is 4.99 Å². The van der Waals surface area contributed by atoms with Crippen LogP contribution >= 0.6 is 7.92 Å². The fourth-order valence-corrected chi connectivity index (χ4v) is 4.01. The Bertz CT molecular complexity index is 319. The number of rotatable bonds is 1. The van der Waals surface area contributed by atoms with Crippen molar-refractivity contribution in [3.63, 3.8) is 0 Å². The van der Waals surface area contributed by atoms with Gasteiger partial charge in [0.2, 0.25) is 0 Å². The van der Waals surface area contributed by atoms with Gasteiger partial charge in [0.1, 0.15) is 0 Å². The van der Waals surface area contributed by atoms with E-state index in [1.807, 2.05) is 6.07 Å². The van der Waals surface area contributed by atoms with Crippen molar-refractivity contribution in [2.24, 2.45) is 10.9 Å². The van der Waals surface area contributed by atoms with Crippen molar-refractivity contribution in [1.82, 2.24) is 0 Å². The molecule has 0 N–H and O–H groups in total. The van der Waals surface area contributed by atoms with E-state index in [2.05, 4.69) is 37.9 Å². The fourth-order valence-electron chi connectivity index (χ4n) is 1.84. The number of aliphatic imine (C=N–C) groups is 1. The van der Waals surface area contributed by atoms with Gasteiger partial charge in [0.05, 0.1) is 5.69 Å². The second-order valence-electron chi connectivity index (χ2n) is 3.92. The summed E-state index contributed by atoms with van der Waals surface area (Å²) in [5.41, 5.74) is 2.57. The highest BCUT2D eigenvalue weighted by Crippen LogP contribution is 2.46. The number of nitrogens with zero attached hydrogens (tertiary/aromatic N) is 1. The molecule has 2 rings (SSSR count). The maximum atomic E-state index is 4.77. The van der Waals surface area contributed by atoms with Gasteiger partial charge in [0.15, 0.2) is 0 Å². The second-order valence-corrected chi connectivity index (χ2v) is 6.22. The molecule has 0 amide bonds. The maximum Gasteiger partial charge on any atom is 0.0633 e. The molecule has 1 saturated heterocycles. The lowest BCUT2D eigenvalue weighted by atomic mass is 10.1. The van der Waals surface area contributed by atoms with Crippen molar-refractivity contribution in [3.05, 3.63) is 30.3 Å². The Morgan fingerprint density at radius 1 is 1.29 bits per heavy atom. The molecule has 2 unspecified atom stereocenters. The van der Waals surface area contributed by atoms with E-state index < -0.39 is 0 Å². The molecular weight excluding hydrogens is 189 g/mol. The molecule has 0 saturated carbocycles. The SMILES string of the molecule is CC1CCP(C)C1=Nc1ccccc1. The molecule has 0 aromatic heterocycles. The zero-order valence-corrected chi connectivity index (χ0v) is 9.67. The molecule has 0 aliphatic carbocycles. The summed E-state index contributed by atoms with van der Waals surface area (Å²) in [7, 11) is 0.0585. The summed E-state index contributed by atoms with van der Waals surface area (Å²) >= 11 is 0. The molecule has 2 atom stereocenters. The normalized spacial score (nSPS) is 29.7. The number of hydrogen-bond acceptors (Lipinski definition) is 1. The molecule has 14 heavy (non-hydrogen) atoms. The molecule has 2 heteroatoms. The molecule has 0 bridgehead atoms. The van der Waals surface area contributed by atoms with Gasteiger partial charge in [-0.1, -0.05) is 33.0 Å². The van der Waals surface area contributed by atoms with E-state index in [0.29, 0.717) is 5.92 Å². The summed E-state index contributed by atoms with van der Waals surface area (Å²) in [4.78, 5) is 4.77. The predicted molar refractivity (Wildman–Crippen MR) is 65.0 cm³/mol. The maximum absolute atomic E-state index is 4.77. The van der Waals surface area contributed by atoms with Crippen molar-refractivity contribution in [1.29, 1.82) is 0 Å². The van der Waals surface area contributed by atoms with Gasteiger partial charge in [-0.2, -0.15) is 0 Å². The predicted octanol–water partition coefficient (Wildman–Crippen LogP) is 3.87. The van der Waals surface area contributed by atoms with E-state index in [-0.39, 0.29) is 7.92 Å². The number of hydrogen-bond donors (Lipinski definition) is 0. The van der Waals surface area contributed by atoms with Crippen molar-refractivity contribution in [2.75, 3.05) is 12.8 Å². The van der Waals surface area contributed by atoms with Gasteiger partial charge in [-0.15, -0.1) is 0 Å². The summed E-state index contributed by atoms with van der Waals surface area (Å²) in [5.74, 6) is 0.700. The van der Waals surface area contributed by atoms with E-state index in [9.17, 15) is 0 Å². The number of benzene rings is 1. The van der Waals surface area contributed by atoms with Gasteiger partial charge in [-0.25, -0.2) is 0 Å². The first kappa shape index (κ1) is 9.86. The highest BCUT2D eigenvalue weighted by molar-refractivity contribution is 7.75. The summed E-state index contributed by atoms with van der Waals surface area (Å²) in [6.07, 6.45) is 2.69. The average Bonchev–Trinajstić information content (AvgIpc) is 2.51. The van der Waals surface area contributed by atoms with Crippen LogP contribution in [0.4, 0.5) is 5.69 Å². The molecule has 0 spiro atoms. The first-order valence-corrected chi connectivity index (χ1v) is 7.09. The molecule has 1 aromatic carbocycles. The van der Waals surface area contributed by atoms with E-state index in [0.717, 1.165) is 5.69 Å². The first-order valence-electron chi connectivity index (χ1n) is 5.12. The van der Waals surface area contributed by atoms with Crippen LogP contribution in [0.3, 0.4) is 0 Å². The van der Waals surface area contributed by atoms with Crippen LogP contribution in [-0.2, 0) is 0 Å². The Hall–Kier alpha value is -0.680. The lowest BCUT2D eigenvalue weighted by Crippen LogP contribution is -1.99. The zero-order valence-electron chi connectivity index (χ0n) is 8.77. The van der Waals surface area contributed by atoms with Gasteiger partial charge < -0.3 is 0 Å². The van der Waals surface area contributed by atoms with Crippen LogP contribution in [0.25, 0.3) is 0 Å². The Morgan fingerprint density at radius 2 is 2.00 bits per heavy atom. The van der Waals surface area contributed by atoms with Gasteiger partial charge in [0.25, 0.3) is 0 Å². The first-order chi connectivity index (χ1) is 6.77. The van der Waals surface area contributed by atoms with Crippen LogP contribution in [0.15, 0.2) is 35.3 Å². The van der Waals surface area contributed by atoms with E-state index >= 15 is 0 Å². The topological polar surface area (TPSA) is 12.4 Å². The molecular formula is C12H16NP. The summed E-state index contributed by atoms with van der Waals surface area (Å²) in [6.45, 7) is 4.65. The van der Waals surface area contributed by atoms with Crippen LogP contribution < -0.4 is 0 Å². The highest BCUT2D eigenvalue weighted by Gasteiger charge is 2.24. The Balaban J connectivity index is 2.26. The van der Waals surface area contributed by atoms with Crippen molar-refractivity contribution >= 4 is 19.1 Å². The molecule has 1 aliphatic rings. The van der Waals surface area contributed by atoms with Crippen LogP contribution in [0.5, 0.6) is 0 Å². The summed E-state index contributed by atoms with van der Waals surface area (Å²) in [5, 5.41) is 0. The Kier molecular flexibility index (Phi) is 2.98. The lowest BCUT2D eigenvalue weighted by molar-refractivity contribution is 0.774. The van der Waals surface area contributed by atoms with Crippen molar-refractivity contribution in [2.45, 2.75) is 13.3 Å². The fraction of sp³-hybridized carbons (Fsp3) is 0.417. The minimum Gasteiger partial charge on any atom is -0.253 e. The van der Waals surface area contributed by atoms with Crippen molar-refractivity contribution < 1.29 is 0 Å². The molecule has 1 aliphatic heterocycles. The minimum absolute atomic E-state index is 0.0585. The minimum atomic E-state index is 0.0585. The third-order valence-corrected chi connectivity index (χ3v) is 4.98. The van der Waals surface area contributed by atoms with Crippen LogP contribution in [-0.4, -0.2) is 18.3 Å². The summed E-state index contributed by atoms with van der Waals surface area (Å²) in [6, 6.07) is 10.3. The van der Waals surface area contributed by atoms with E-state index in [1.165, 1.54) is 18.0 Å². The quantitative estimate of drug-likeness (QED) is 0.617. The molecule has 1 heterocycles. The molecule has 74 valence electrons. The van der Waals surface area contributed by atoms with Crippen molar-refractivity contribution in [3.8, 4) is 0 Å². The monoisotopic (exact) mass is 205 g/mol. The highest BCUT2D eigenvalue weighted by atomic mass is 31.1. The second kappa shape index (κ2) is 4.23. The average molecular weight is 205 g/mol. The summed E-state index contributed by atoms with van der Waals surface area (Å²) < 4.78 is 0. The standard InChI is InChI=1S/C12H16NP/c1-10-8-9-14(2)12(10)13-11-6-4-3-5-7-11/h3-7,10H,8-9H2,1-2H3. The van der Waals surface area contributed by atoms with E-state index in [1.54, 1.807) is 0 Å². The van der Waals surface area contributed by atoms with Gasteiger partial charge in [-0.3, -0.25) is 4.99 Å². The number of para-hydroxylation sites is 1. The zero-order chi connectivity index (χ0) is 9.97. The lowest BCUT2D eigenvalue weighted by Gasteiger charge is -2.07. The Morgan fingerprint density at radius 3 is 2.57 bits per heavy atom.